The van der Waals surface area contributed by atoms with Crippen molar-refractivity contribution in [3.8, 4) is 5.75 Å². The van der Waals surface area contributed by atoms with Crippen LogP contribution >= 0.6 is 0 Å². The minimum atomic E-state index is -1.01. The lowest BCUT2D eigenvalue weighted by molar-refractivity contribution is -0.384. The number of amides is 4. The Bertz CT molecular complexity index is 1420. The lowest BCUT2D eigenvalue weighted by Gasteiger charge is -2.26. The Morgan fingerprint density at radius 3 is 2.56 bits per heavy atom. The van der Waals surface area contributed by atoms with E-state index in [0.29, 0.717) is 29.2 Å². The lowest BCUT2D eigenvalue weighted by atomic mass is 10.0. The quantitative estimate of drug-likeness (QED) is 0.228. The SMILES string of the molecule is CCOc1cc(/C=C2\C(=O)NC(=O)N(c3cccc([N+](=O)[O-])c3)C2=O)ccc1Cc1cccc(F)c1. The minimum Gasteiger partial charge on any atom is -0.494 e. The van der Waals surface area contributed by atoms with E-state index in [1.165, 1.54) is 36.4 Å². The van der Waals surface area contributed by atoms with Crippen LogP contribution in [0.4, 0.5) is 20.6 Å². The summed E-state index contributed by atoms with van der Waals surface area (Å²) in [5, 5.41) is 13.2. The van der Waals surface area contributed by atoms with Gasteiger partial charge in [-0.3, -0.25) is 25.0 Å². The fraction of sp³-hybridized carbons (Fsp3) is 0.115. The number of carbonyl (C=O) groups is 3. The predicted octanol–water partition coefficient (Wildman–Crippen LogP) is 4.39. The van der Waals surface area contributed by atoms with Crippen LogP contribution in [0.2, 0.25) is 0 Å². The van der Waals surface area contributed by atoms with Gasteiger partial charge in [-0.25, -0.2) is 14.1 Å². The van der Waals surface area contributed by atoms with E-state index in [-0.39, 0.29) is 22.8 Å². The Kier molecular flexibility index (Phi) is 6.86. The molecule has 36 heavy (non-hydrogen) atoms. The number of carbonyl (C=O) groups excluding carboxylic acids is 3. The summed E-state index contributed by atoms with van der Waals surface area (Å²) in [6.45, 7) is 2.16. The van der Waals surface area contributed by atoms with Gasteiger partial charge in [0, 0.05) is 18.6 Å². The highest BCUT2D eigenvalue weighted by Gasteiger charge is 2.37. The maximum absolute atomic E-state index is 13.6. The average Bonchev–Trinajstić information content (AvgIpc) is 2.83. The average molecular weight is 489 g/mol. The first-order valence-electron chi connectivity index (χ1n) is 10.9. The summed E-state index contributed by atoms with van der Waals surface area (Å²) >= 11 is 0. The van der Waals surface area contributed by atoms with Crippen molar-refractivity contribution >= 4 is 35.3 Å². The molecular formula is C26H20FN3O6. The van der Waals surface area contributed by atoms with Crippen molar-refractivity contribution in [2.75, 3.05) is 11.5 Å². The number of halogens is 1. The van der Waals surface area contributed by atoms with E-state index in [4.69, 9.17) is 4.74 Å². The summed E-state index contributed by atoms with van der Waals surface area (Å²) in [6, 6.07) is 15.2. The van der Waals surface area contributed by atoms with Crippen LogP contribution in [-0.2, 0) is 16.0 Å². The Balaban J connectivity index is 1.68. The summed E-state index contributed by atoms with van der Waals surface area (Å²) in [5.74, 6) is -1.68. The Morgan fingerprint density at radius 1 is 1.06 bits per heavy atom. The highest BCUT2D eigenvalue weighted by Crippen LogP contribution is 2.28. The number of anilines is 1. The van der Waals surface area contributed by atoms with Gasteiger partial charge in [-0.15, -0.1) is 0 Å². The number of rotatable bonds is 7. The van der Waals surface area contributed by atoms with E-state index in [1.54, 1.807) is 37.3 Å². The first-order chi connectivity index (χ1) is 17.3. The molecule has 0 saturated carbocycles. The molecule has 0 aromatic heterocycles. The third-order valence-electron chi connectivity index (χ3n) is 5.39. The molecule has 182 valence electrons. The molecule has 1 N–H and O–H groups in total. The number of benzene rings is 3. The monoisotopic (exact) mass is 489 g/mol. The molecule has 1 aliphatic rings. The van der Waals surface area contributed by atoms with Gasteiger partial charge in [0.05, 0.1) is 17.2 Å². The summed E-state index contributed by atoms with van der Waals surface area (Å²) in [4.78, 5) is 49.1. The van der Waals surface area contributed by atoms with E-state index >= 15 is 0 Å². The van der Waals surface area contributed by atoms with Crippen LogP contribution in [0.15, 0.2) is 72.3 Å². The molecule has 1 heterocycles. The third kappa shape index (κ3) is 5.12. The molecule has 0 spiro atoms. The summed E-state index contributed by atoms with van der Waals surface area (Å²) in [5.41, 5.74) is 1.28. The highest BCUT2D eigenvalue weighted by atomic mass is 19.1. The van der Waals surface area contributed by atoms with Crippen LogP contribution in [0.5, 0.6) is 5.75 Å². The molecule has 1 aliphatic heterocycles. The first kappa shape index (κ1) is 24.3. The van der Waals surface area contributed by atoms with E-state index in [9.17, 15) is 28.9 Å². The number of ether oxygens (including phenoxy) is 1. The second-order valence-electron chi connectivity index (χ2n) is 7.84. The molecule has 0 aliphatic carbocycles. The van der Waals surface area contributed by atoms with E-state index < -0.39 is 22.8 Å². The second-order valence-corrected chi connectivity index (χ2v) is 7.84. The smallest absolute Gasteiger partial charge is 0.335 e. The number of barbiturate groups is 1. The number of nitrogens with zero attached hydrogens (tertiary/aromatic N) is 2. The van der Waals surface area contributed by atoms with Gasteiger partial charge in [0.25, 0.3) is 17.5 Å². The largest absolute Gasteiger partial charge is 0.494 e. The number of nitrogens with one attached hydrogen (secondary N) is 1. The Labute approximate surface area is 204 Å². The molecule has 4 rings (SSSR count). The maximum atomic E-state index is 13.6. The van der Waals surface area contributed by atoms with Crippen LogP contribution in [-0.4, -0.2) is 29.4 Å². The fourth-order valence-electron chi connectivity index (χ4n) is 3.77. The zero-order valence-corrected chi connectivity index (χ0v) is 19.1. The number of nitro groups is 1. The van der Waals surface area contributed by atoms with Gasteiger partial charge in [0.15, 0.2) is 0 Å². The zero-order chi connectivity index (χ0) is 25.8. The Morgan fingerprint density at radius 2 is 1.83 bits per heavy atom. The maximum Gasteiger partial charge on any atom is 0.335 e. The van der Waals surface area contributed by atoms with Crippen molar-refractivity contribution in [2.45, 2.75) is 13.3 Å². The molecule has 0 bridgehead atoms. The Hall–Kier alpha value is -4.86. The highest BCUT2D eigenvalue weighted by molar-refractivity contribution is 6.39. The van der Waals surface area contributed by atoms with Gasteiger partial charge < -0.3 is 4.74 Å². The zero-order valence-electron chi connectivity index (χ0n) is 19.1. The van der Waals surface area contributed by atoms with Crippen LogP contribution in [0.1, 0.15) is 23.6 Å². The van der Waals surface area contributed by atoms with Gasteiger partial charge in [-0.05, 0) is 54.0 Å². The summed E-state index contributed by atoms with van der Waals surface area (Å²) < 4.78 is 19.3. The number of urea groups is 1. The summed E-state index contributed by atoms with van der Waals surface area (Å²) in [6.07, 6.45) is 1.71. The number of nitro benzene ring substituents is 1. The molecule has 3 aromatic rings. The van der Waals surface area contributed by atoms with Crippen LogP contribution < -0.4 is 15.0 Å². The molecule has 4 amide bonds. The van der Waals surface area contributed by atoms with Gasteiger partial charge >= 0.3 is 6.03 Å². The number of imide groups is 2. The van der Waals surface area contributed by atoms with Crippen molar-refractivity contribution in [1.29, 1.82) is 0 Å². The standard InChI is InChI=1S/C26H20FN3O6/c1-2-36-23-14-17(9-10-18(23)11-16-5-3-6-19(27)12-16)13-22-24(31)28-26(33)29(25(22)32)20-7-4-8-21(15-20)30(34)35/h3-10,12-15H,2,11H2,1H3,(H,28,31,33)/b22-13+. The van der Waals surface area contributed by atoms with Gasteiger partial charge in [0.1, 0.15) is 17.1 Å². The third-order valence-corrected chi connectivity index (χ3v) is 5.39. The van der Waals surface area contributed by atoms with Crippen LogP contribution in [0.25, 0.3) is 6.08 Å². The van der Waals surface area contributed by atoms with Crippen molar-refractivity contribution in [3.05, 3.63) is 105 Å². The second kappa shape index (κ2) is 10.2. The topological polar surface area (TPSA) is 119 Å². The van der Waals surface area contributed by atoms with Crippen molar-refractivity contribution in [1.82, 2.24) is 5.32 Å². The number of hydrogen-bond acceptors (Lipinski definition) is 6. The van der Waals surface area contributed by atoms with Crippen LogP contribution in [0.3, 0.4) is 0 Å². The minimum absolute atomic E-state index is 0.0504. The first-order valence-corrected chi connectivity index (χ1v) is 10.9. The van der Waals surface area contributed by atoms with Crippen LogP contribution in [0, 0.1) is 15.9 Å². The molecule has 0 atom stereocenters. The van der Waals surface area contributed by atoms with Crippen molar-refractivity contribution < 1.29 is 28.4 Å². The van der Waals surface area contributed by atoms with E-state index in [1.807, 2.05) is 0 Å². The van der Waals surface area contributed by atoms with Gasteiger partial charge in [0.2, 0.25) is 0 Å². The molecule has 1 saturated heterocycles. The van der Waals surface area contributed by atoms with Gasteiger partial charge in [-0.2, -0.15) is 0 Å². The summed E-state index contributed by atoms with van der Waals surface area (Å²) in [7, 11) is 0. The normalized spacial score (nSPS) is 14.7. The lowest BCUT2D eigenvalue weighted by Crippen LogP contribution is -2.54. The van der Waals surface area contributed by atoms with Gasteiger partial charge in [-0.1, -0.05) is 30.3 Å². The fourth-order valence-corrected chi connectivity index (χ4v) is 3.77. The van der Waals surface area contributed by atoms with E-state index in [2.05, 4.69) is 5.32 Å². The molecule has 3 aromatic carbocycles. The molecule has 0 radical (unpaired) electrons. The molecule has 10 heteroatoms. The molecule has 1 fully saturated rings. The molecular weight excluding hydrogens is 469 g/mol. The van der Waals surface area contributed by atoms with Crippen molar-refractivity contribution in [2.24, 2.45) is 0 Å². The number of non-ortho nitro benzene ring substituents is 1. The van der Waals surface area contributed by atoms with Crippen molar-refractivity contribution in [3.63, 3.8) is 0 Å². The van der Waals surface area contributed by atoms with E-state index in [0.717, 1.165) is 17.2 Å². The number of hydrogen-bond donors (Lipinski definition) is 1. The molecule has 0 unspecified atom stereocenters. The predicted molar refractivity (Wildman–Crippen MR) is 129 cm³/mol. The molecule has 9 nitrogen and oxygen atoms in total.